The zero-order valence-corrected chi connectivity index (χ0v) is 12.7. The van der Waals surface area contributed by atoms with Gasteiger partial charge in [-0.05, 0) is 31.0 Å². The van der Waals surface area contributed by atoms with Gasteiger partial charge in [0, 0.05) is 17.8 Å². The Morgan fingerprint density at radius 1 is 1.17 bits per heavy atom. The Morgan fingerprint density at radius 3 is 2.87 bits per heavy atom. The summed E-state index contributed by atoms with van der Waals surface area (Å²) in [6, 6.07) is 11.7. The van der Waals surface area contributed by atoms with E-state index in [1.54, 1.807) is 0 Å². The zero-order chi connectivity index (χ0) is 15.4. The van der Waals surface area contributed by atoms with E-state index in [4.69, 9.17) is 4.42 Å². The summed E-state index contributed by atoms with van der Waals surface area (Å²) in [5, 5.41) is 5.64. The van der Waals surface area contributed by atoms with Gasteiger partial charge >= 0.3 is 0 Å². The minimum atomic E-state index is -0.0402. The van der Waals surface area contributed by atoms with Crippen molar-refractivity contribution in [3.05, 3.63) is 53.5 Å². The van der Waals surface area contributed by atoms with E-state index in [1.807, 2.05) is 35.2 Å². The molecule has 0 N–H and O–H groups in total. The fourth-order valence-electron chi connectivity index (χ4n) is 3.28. The molecule has 5 heteroatoms. The lowest BCUT2D eigenvalue weighted by Crippen LogP contribution is -2.38. The van der Waals surface area contributed by atoms with Crippen molar-refractivity contribution in [1.82, 2.24) is 14.7 Å². The van der Waals surface area contributed by atoms with Gasteiger partial charge in [-0.15, -0.1) is 0 Å². The number of benzene rings is 1. The van der Waals surface area contributed by atoms with Crippen LogP contribution in [0.15, 0.2) is 40.8 Å². The van der Waals surface area contributed by atoms with Gasteiger partial charge in [-0.2, -0.15) is 5.10 Å². The largest absolute Gasteiger partial charge is 0.451 e. The molecule has 0 bridgehead atoms. The first-order valence-corrected chi connectivity index (χ1v) is 8.12. The first-order chi connectivity index (χ1) is 11.3. The summed E-state index contributed by atoms with van der Waals surface area (Å²) in [6.45, 7) is 2.04. The zero-order valence-electron chi connectivity index (χ0n) is 12.7. The van der Waals surface area contributed by atoms with Gasteiger partial charge in [-0.1, -0.05) is 18.2 Å². The van der Waals surface area contributed by atoms with Crippen LogP contribution in [0.25, 0.3) is 11.0 Å². The predicted octanol–water partition coefficient (Wildman–Crippen LogP) is 3.16. The van der Waals surface area contributed by atoms with E-state index in [9.17, 15) is 4.79 Å². The number of fused-ring (bicyclic) bond motifs is 2. The highest BCUT2D eigenvalue weighted by Crippen LogP contribution is 2.39. The number of rotatable bonds is 2. The molecule has 3 heterocycles. The maximum Gasteiger partial charge on any atom is 0.290 e. The van der Waals surface area contributed by atoms with Gasteiger partial charge in [0.15, 0.2) is 5.76 Å². The number of carbonyl (C=O) groups is 1. The SMILES string of the molecule is O=C(c1cc2ccccc2o1)N1CCn2nc(C3CC3)cc2C1. The fourth-order valence-corrected chi connectivity index (χ4v) is 3.28. The molecular weight excluding hydrogens is 290 g/mol. The normalized spacial score (nSPS) is 17.5. The fraction of sp³-hybridized carbons (Fsp3) is 0.333. The quantitative estimate of drug-likeness (QED) is 0.730. The molecule has 0 atom stereocenters. The molecule has 0 unspecified atom stereocenters. The Labute approximate surface area is 133 Å². The maximum absolute atomic E-state index is 12.7. The van der Waals surface area contributed by atoms with E-state index in [0.717, 1.165) is 23.2 Å². The predicted molar refractivity (Wildman–Crippen MR) is 85.2 cm³/mol. The highest BCUT2D eigenvalue weighted by molar-refractivity contribution is 5.96. The van der Waals surface area contributed by atoms with Crippen LogP contribution in [0, 0.1) is 0 Å². The monoisotopic (exact) mass is 307 g/mol. The maximum atomic E-state index is 12.7. The average Bonchev–Trinajstić information content (AvgIpc) is 3.20. The second-order valence-electron chi connectivity index (χ2n) is 6.43. The number of amides is 1. The van der Waals surface area contributed by atoms with Gasteiger partial charge in [0.05, 0.1) is 24.5 Å². The van der Waals surface area contributed by atoms with Crippen LogP contribution < -0.4 is 0 Å². The Hall–Kier alpha value is -2.56. The molecule has 0 radical (unpaired) electrons. The summed E-state index contributed by atoms with van der Waals surface area (Å²) in [5.41, 5.74) is 3.08. The van der Waals surface area contributed by atoms with Gasteiger partial charge in [0.2, 0.25) is 0 Å². The van der Waals surface area contributed by atoms with Gasteiger partial charge in [-0.25, -0.2) is 0 Å². The van der Waals surface area contributed by atoms with Gasteiger partial charge < -0.3 is 9.32 Å². The average molecular weight is 307 g/mol. The highest BCUT2D eigenvalue weighted by atomic mass is 16.3. The molecule has 1 aliphatic carbocycles. The highest BCUT2D eigenvalue weighted by Gasteiger charge is 2.30. The van der Waals surface area contributed by atoms with Gasteiger partial charge in [0.25, 0.3) is 5.91 Å². The molecule has 1 saturated carbocycles. The summed E-state index contributed by atoms with van der Waals surface area (Å²) < 4.78 is 7.76. The topological polar surface area (TPSA) is 51.3 Å². The van der Waals surface area contributed by atoms with Crippen LogP contribution in [0.3, 0.4) is 0 Å². The molecule has 1 fully saturated rings. The molecule has 1 amide bonds. The number of hydrogen-bond acceptors (Lipinski definition) is 3. The lowest BCUT2D eigenvalue weighted by atomic mass is 10.2. The van der Waals surface area contributed by atoms with Crippen molar-refractivity contribution >= 4 is 16.9 Å². The molecule has 1 aromatic carbocycles. The number of furan rings is 1. The first-order valence-electron chi connectivity index (χ1n) is 8.12. The number of carbonyl (C=O) groups excluding carboxylic acids is 1. The summed E-state index contributed by atoms with van der Waals surface area (Å²) >= 11 is 0. The van der Waals surface area contributed by atoms with Crippen molar-refractivity contribution in [2.24, 2.45) is 0 Å². The Balaban J connectivity index is 1.41. The lowest BCUT2D eigenvalue weighted by Gasteiger charge is -2.26. The lowest BCUT2D eigenvalue weighted by molar-refractivity contribution is 0.0676. The van der Waals surface area contributed by atoms with Gasteiger partial charge in [-0.3, -0.25) is 9.48 Å². The molecular formula is C18H17N3O2. The molecule has 2 aromatic heterocycles. The molecule has 5 nitrogen and oxygen atoms in total. The standard InChI is InChI=1S/C18H17N3O2/c22-18(17-9-13-3-1-2-4-16(13)23-17)20-7-8-21-14(11-20)10-15(19-21)12-5-6-12/h1-4,9-10,12H,5-8,11H2. The molecule has 0 saturated heterocycles. The molecule has 23 heavy (non-hydrogen) atoms. The number of nitrogens with zero attached hydrogens (tertiary/aromatic N) is 3. The van der Waals surface area contributed by atoms with Crippen LogP contribution in [0.4, 0.5) is 0 Å². The van der Waals surface area contributed by atoms with Gasteiger partial charge in [0.1, 0.15) is 5.58 Å². The molecule has 3 aromatic rings. The third-order valence-corrected chi connectivity index (χ3v) is 4.74. The molecule has 1 aliphatic heterocycles. The smallest absolute Gasteiger partial charge is 0.290 e. The van der Waals surface area contributed by atoms with Crippen LogP contribution in [-0.2, 0) is 13.1 Å². The van der Waals surface area contributed by atoms with E-state index in [-0.39, 0.29) is 5.91 Å². The van der Waals surface area contributed by atoms with Crippen molar-refractivity contribution in [3.8, 4) is 0 Å². The summed E-state index contributed by atoms with van der Waals surface area (Å²) in [6.07, 6.45) is 2.50. The number of aromatic nitrogens is 2. The third-order valence-electron chi connectivity index (χ3n) is 4.74. The van der Waals surface area contributed by atoms with Crippen LogP contribution in [-0.4, -0.2) is 27.1 Å². The van der Waals surface area contributed by atoms with Crippen LogP contribution in [0.2, 0.25) is 0 Å². The van der Waals surface area contributed by atoms with Crippen LogP contribution in [0.1, 0.15) is 40.7 Å². The first kappa shape index (κ1) is 12.9. The van der Waals surface area contributed by atoms with Crippen molar-refractivity contribution in [2.45, 2.75) is 31.8 Å². The molecule has 116 valence electrons. The Bertz CT molecular complexity index is 871. The molecule has 5 rings (SSSR count). The van der Waals surface area contributed by atoms with E-state index in [2.05, 4.69) is 15.8 Å². The van der Waals surface area contributed by atoms with Crippen molar-refractivity contribution in [3.63, 3.8) is 0 Å². The van der Waals surface area contributed by atoms with Crippen molar-refractivity contribution in [1.29, 1.82) is 0 Å². The Morgan fingerprint density at radius 2 is 2.04 bits per heavy atom. The minimum absolute atomic E-state index is 0.0402. The minimum Gasteiger partial charge on any atom is -0.451 e. The van der Waals surface area contributed by atoms with Crippen LogP contribution >= 0.6 is 0 Å². The second-order valence-corrected chi connectivity index (χ2v) is 6.43. The summed E-state index contributed by atoms with van der Waals surface area (Å²) in [7, 11) is 0. The molecule has 2 aliphatic rings. The van der Waals surface area contributed by atoms with Crippen LogP contribution in [0.5, 0.6) is 0 Å². The summed E-state index contributed by atoms with van der Waals surface area (Å²) in [4.78, 5) is 14.6. The van der Waals surface area contributed by atoms with E-state index < -0.39 is 0 Å². The van der Waals surface area contributed by atoms with Crippen molar-refractivity contribution < 1.29 is 9.21 Å². The van der Waals surface area contributed by atoms with E-state index in [0.29, 0.717) is 24.8 Å². The summed E-state index contributed by atoms with van der Waals surface area (Å²) in [5.74, 6) is 1.02. The number of para-hydroxylation sites is 1. The van der Waals surface area contributed by atoms with E-state index in [1.165, 1.54) is 18.5 Å². The van der Waals surface area contributed by atoms with E-state index >= 15 is 0 Å². The molecule has 0 spiro atoms. The second kappa shape index (κ2) is 4.72. The number of hydrogen-bond donors (Lipinski definition) is 0. The van der Waals surface area contributed by atoms with Crippen molar-refractivity contribution in [2.75, 3.05) is 6.54 Å². The third kappa shape index (κ3) is 2.15. The Kier molecular flexibility index (Phi) is 2.65.